The Morgan fingerprint density at radius 2 is 2.04 bits per heavy atom. The number of aromatic amines is 1. The van der Waals surface area contributed by atoms with E-state index in [0.717, 1.165) is 30.0 Å². The number of aromatic nitrogens is 5. The number of morpholine rings is 1. The number of ether oxygens (including phenoxy) is 1. The molecule has 0 aliphatic carbocycles. The number of pyridine rings is 1. The summed E-state index contributed by atoms with van der Waals surface area (Å²) in [7, 11) is 0. The Balaban J connectivity index is 1.48. The van der Waals surface area contributed by atoms with E-state index in [1.165, 1.54) is 0 Å². The van der Waals surface area contributed by atoms with Gasteiger partial charge in [0.05, 0.1) is 31.2 Å². The van der Waals surface area contributed by atoms with Crippen molar-refractivity contribution in [3.05, 3.63) is 42.2 Å². The zero-order valence-electron chi connectivity index (χ0n) is 14.1. The Morgan fingerprint density at radius 3 is 2.81 bits per heavy atom. The SMILES string of the molecule is OCc1ccc(-c2cc(Nc3ccnc(N4CCOCC4)n3)n[nH]2)nc1. The largest absolute Gasteiger partial charge is 0.392 e. The van der Waals surface area contributed by atoms with Crippen molar-refractivity contribution in [3.8, 4) is 11.4 Å². The van der Waals surface area contributed by atoms with Crippen LogP contribution >= 0.6 is 0 Å². The summed E-state index contributed by atoms with van der Waals surface area (Å²) in [5.41, 5.74) is 2.29. The molecule has 0 aromatic carbocycles. The Labute approximate surface area is 150 Å². The van der Waals surface area contributed by atoms with Gasteiger partial charge in [-0.15, -0.1) is 0 Å². The molecular formula is C17H19N7O2. The summed E-state index contributed by atoms with van der Waals surface area (Å²) >= 11 is 0. The van der Waals surface area contributed by atoms with E-state index in [0.29, 0.717) is 30.8 Å². The smallest absolute Gasteiger partial charge is 0.227 e. The monoisotopic (exact) mass is 353 g/mol. The molecule has 4 heterocycles. The van der Waals surface area contributed by atoms with Crippen LogP contribution in [0.5, 0.6) is 0 Å². The zero-order chi connectivity index (χ0) is 17.8. The summed E-state index contributed by atoms with van der Waals surface area (Å²) in [5, 5.41) is 19.5. The van der Waals surface area contributed by atoms with Crippen molar-refractivity contribution in [2.75, 3.05) is 36.5 Å². The third kappa shape index (κ3) is 3.63. The molecule has 1 fully saturated rings. The molecule has 0 radical (unpaired) electrons. The van der Waals surface area contributed by atoms with Gasteiger partial charge in [0.2, 0.25) is 5.95 Å². The van der Waals surface area contributed by atoms with Crippen LogP contribution in [0.3, 0.4) is 0 Å². The molecular weight excluding hydrogens is 334 g/mol. The molecule has 3 aromatic heterocycles. The van der Waals surface area contributed by atoms with Gasteiger partial charge in [-0.25, -0.2) is 4.98 Å². The van der Waals surface area contributed by atoms with E-state index in [1.807, 2.05) is 18.2 Å². The van der Waals surface area contributed by atoms with Gasteiger partial charge in [0, 0.05) is 31.5 Å². The van der Waals surface area contributed by atoms with Crippen LogP contribution in [0.1, 0.15) is 5.56 Å². The van der Waals surface area contributed by atoms with Crippen LogP contribution in [0, 0.1) is 0 Å². The van der Waals surface area contributed by atoms with Crippen LogP contribution in [0.4, 0.5) is 17.6 Å². The van der Waals surface area contributed by atoms with Gasteiger partial charge in [0.15, 0.2) is 5.82 Å². The fourth-order valence-electron chi connectivity index (χ4n) is 2.66. The van der Waals surface area contributed by atoms with Crippen molar-refractivity contribution in [2.24, 2.45) is 0 Å². The highest BCUT2D eigenvalue weighted by atomic mass is 16.5. The minimum atomic E-state index is -0.0255. The first-order valence-corrected chi connectivity index (χ1v) is 8.36. The topological polar surface area (TPSA) is 112 Å². The number of hydrogen-bond donors (Lipinski definition) is 3. The van der Waals surface area contributed by atoms with E-state index in [2.05, 4.69) is 35.4 Å². The van der Waals surface area contributed by atoms with Gasteiger partial charge >= 0.3 is 0 Å². The highest BCUT2D eigenvalue weighted by Gasteiger charge is 2.14. The van der Waals surface area contributed by atoms with Crippen molar-refractivity contribution in [2.45, 2.75) is 6.61 Å². The van der Waals surface area contributed by atoms with E-state index in [-0.39, 0.29) is 6.61 Å². The number of anilines is 3. The van der Waals surface area contributed by atoms with E-state index in [9.17, 15) is 0 Å². The molecule has 0 saturated carbocycles. The van der Waals surface area contributed by atoms with Gasteiger partial charge in [-0.3, -0.25) is 10.1 Å². The number of aliphatic hydroxyl groups is 1. The normalized spacial score (nSPS) is 14.4. The summed E-state index contributed by atoms with van der Waals surface area (Å²) in [6.07, 6.45) is 3.37. The second kappa shape index (κ2) is 7.46. The first-order chi connectivity index (χ1) is 12.8. The zero-order valence-corrected chi connectivity index (χ0v) is 14.1. The lowest BCUT2D eigenvalue weighted by atomic mass is 10.2. The Bertz CT molecular complexity index is 860. The third-order valence-electron chi connectivity index (χ3n) is 4.05. The summed E-state index contributed by atoms with van der Waals surface area (Å²) < 4.78 is 5.36. The molecule has 1 aliphatic heterocycles. The highest BCUT2D eigenvalue weighted by Crippen LogP contribution is 2.21. The third-order valence-corrected chi connectivity index (χ3v) is 4.05. The Hall–Kier alpha value is -3.04. The van der Waals surface area contributed by atoms with E-state index in [4.69, 9.17) is 9.84 Å². The lowest BCUT2D eigenvalue weighted by Gasteiger charge is -2.26. The van der Waals surface area contributed by atoms with E-state index in [1.54, 1.807) is 18.5 Å². The number of aliphatic hydroxyl groups excluding tert-OH is 1. The first-order valence-electron chi connectivity index (χ1n) is 8.36. The molecule has 134 valence electrons. The molecule has 0 unspecified atom stereocenters. The summed E-state index contributed by atoms with van der Waals surface area (Å²) in [6.45, 7) is 2.91. The van der Waals surface area contributed by atoms with Gasteiger partial charge < -0.3 is 20.1 Å². The maximum Gasteiger partial charge on any atom is 0.227 e. The van der Waals surface area contributed by atoms with Crippen molar-refractivity contribution < 1.29 is 9.84 Å². The van der Waals surface area contributed by atoms with Gasteiger partial charge in [-0.2, -0.15) is 10.1 Å². The molecule has 0 bridgehead atoms. The number of nitrogens with one attached hydrogen (secondary N) is 2. The van der Waals surface area contributed by atoms with Gasteiger partial charge in [0.1, 0.15) is 5.82 Å². The second-order valence-electron chi connectivity index (χ2n) is 5.84. The van der Waals surface area contributed by atoms with Crippen LogP contribution in [0.15, 0.2) is 36.7 Å². The summed E-state index contributed by atoms with van der Waals surface area (Å²) in [6, 6.07) is 7.32. The number of nitrogens with zero attached hydrogens (tertiary/aromatic N) is 5. The molecule has 4 rings (SSSR count). The van der Waals surface area contributed by atoms with Crippen LogP contribution in [-0.4, -0.2) is 56.6 Å². The van der Waals surface area contributed by atoms with Crippen molar-refractivity contribution in [1.29, 1.82) is 0 Å². The molecule has 0 amide bonds. The quantitative estimate of drug-likeness (QED) is 0.630. The van der Waals surface area contributed by atoms with E-state index >= 15 is 0 Å². The highest BCUT2D eigenvalue weighted by molar-refractivity contribution is 5.62. The van der Waals surface area contributed by atoms with E-state index < -0.39 is 0 Å². The molecule has 1 aliphatic rings. The minimum Gasteiger partial charge on any atom is -0.392 e. The van der Waals surface area contributed by atoms with Crippen LogP contribution in [-0.2, 0) is 11.3 Å². The van der Waals surface area contributed by atoms with Gasteiger partial charge in [-0.1, -0.05) is 6.07 Å². The average Bonchev–Trinajstić information content (AvgIpc) is 3.17. The number of rotatable bonds is 5. The Morgan fingerprint density at radius 1 is 1.15 bits per heavy atom. The second-order valence-corrected chi connectivity index (χ2v) is 5.84. The molecule has 3 N–H and O–H groups in total. The molecule has 26 heavy (non-hydrogen) atoms. The standard InChI is InChI=1S/C17H19N7O2/c25-11-12-1-2-13(19-10-12)14-9-16(23-22-14)20-15-3-4-18-17(21-15)24-5-7-26-8-6-24/h1-4,9-10,25H,5-8,11H2,(H2,18,20,21,22,23). The Kier molecular flexibility index (Phi) is 4.71. The predicted octanol–water partition coefficient (Wildman–Crippen LogP) is 1.33. The lowest BCUT2D eigenvalue weighted by Crippen LogP contribution is -2.37. The summed E-state index contributed by atoms with van der Waals surface area (Å²) in [5.74, 6) is 1.98. The van der Waals surface area contributed by atoms with Crippen LogP contribution < -0.4 is 10.2 Å². The molecule has 9 nitrogen and oxygen atoms in total. The van der Waals surface area contributed by atoms with Crippen molar-refractivity contribution >= 4 is 17.6 Å². The summed E-state index contributed by atoms with van der Waals surface area (Å²) in [4.78, 5) is 15.3. The number of H-pyrrole nitrogens is 1. The van der Waals surface area contributed by atoms with Gasteiger partial charge in [0.25, 0.3) is 0 Å². The average molecular weight is 353 g/mol. The molecule has 9 heteroatoms. The van der Waals surface area contributed by atoms with Gasteiger partial charge in [-0.05, 0) is 17.7 Å². The molecule has 1 saturated heterocycles. The van der Waals surface area contributed by atoms with Crippen LogP contribution in [0.2, 0.25) is 0 Å². The maximum atomic E-state index is 9.09. The predicted molar refractivity (Wildman–Crippen MR) is 96.1 cm³/mol. The number of hydrogen-bond acceptors (Lipinski definition) is 8. The first kappa shape index (κ1) is 16.4. The van der Waals surface area contributed by atoms with Crippen LogP contribution in [0.25, 0.3) is 11.4 Å². The molecule has 0 atom stereocenters. The van der Waals surface area contributed by atoms with Crippen molar-refractivity contribution in [1.82, 2.24) is 25.1 Å². The minimum absolute atomic E-state index is 0.0255. The molecule has 3 aromatic rings. The fourth-order valence-corrected chi connectivity index (χ4v) is 2.66. The van der Waals surface area contributed by atoms with Crippen molar-refractivity contribution in [3.63, 3.8) is 0 Å². The maximum absolute atomic E-state index is 9.09. The molecule has 0 spiro atoms. The lowest BCUT2D eigenvalue weighted by molar-refractivity contribution is 0.122. The fraction of sp³-hybridized carbons (Fsp3) is 0.294.